The molecule has 0 aliphatic carbocycles. The van der Waals surface area contributed by atoms with Gasteiger partial charge in [-0.1, -0.05) is 29.8 Å². The molecule has 1 rings (SSSR count). The van der Waals surface area contributed by atoms with Crippen LogP contribution in [0.2, 0.25) is 0 Å². The number of nitrogens with one attached hydrogen (secondary N) is 2. The van der Waals surface area contributed by atoms with Gasteiger partial charge in [0.15, 0.2) is 0 Å². The maximum Gasteiger partial charge on any atom is 0.308 e. The summed E-state index contributed by atoms with van der Waals surface area (Å²) < 4.78 is 0. The first-order valence-corrected chi connectivity index (χ1v) is 8.24. The van der Waals surface area contributed by atoms with Gasteiger partial charge in [0.25, 0.3) is 0 Å². The van der Waals surface area contributed by atoms with Gasteiger partial charge >= 0.3 is 5.97 Å². The Labute approximate surface area is 142 Å². The van der Waals surface area contributed by atoms with Gasteiger partial charge in [0, 0.05) is 25.9 Å². The first-order chi connectivity index (χ1) is 11.4. The van der Waals surface area contributed by atoms with E-state index in [9.17, 15) is 19.5 Å². The topological polar surface area (TPSA) is 95.5 Å². The molecule has 1 aromatic rings. The van der Waals surface area contributed by atoms with E-state index in [1.807, 2.05) is 38.1 Å². The van der Waals surface area contributed by atoms with Crippen molar-refractivity contribution in [3.8, 4) is 0 Å². The summed E-state index contributed by atoms with van der Waals surface area (Å²) in [5, 5.41) is 14.6. The molecule has 0 aliphatic rings. The second-order valence-corrected chi connectivity index (χ2v) is 5.84. The van der Waals surface area contributed by atoms with Crippen molar-refractivity contribution in [2.24, 2.45) is 5.92 Å². The highest BCUT2D eigenvalue weighted by Gasteiger charge is 2.19. The van der Waals surface area contributed by atoms with Gasteiger partial charge in [-0.15, -0.1) is 0 Å². The van der Waals surface area contributed by atoms with Crippen LogP contribution in [0.4, 0.5) is 0 Å². The maximum atomic E-state index is 11.8. The van der Waals surface area contributed by atoms with E-state index in [1.54, 1.807) is 0 Å². The summed E-state index contributed by atoms with van der Waals surface area (Å²) in [7, 11) is 0. The standard InChI is InChI=1S/C18H26N2O4/c1-3-19-16(21)8-5-9-17(22)20-12-15(18(23)24)11-14-7-4-6-13(2)10-14/h4,6-7,10,15H,3,5,8-9,11-12H2,1-2H3,(H,19,21)(H,20,22)(H,23,24). The van der Waals surface area contributed by atoms with E-state index >= 15 is 0 Å². The van der Waals surface area contributed by atoms with E-state index in [-0.39, 0.29) is 24.8 Å². The van der Waals surface area contributed by atoms with Crippen LogP contribution in [0.25, 0.3) is 0 Å². The molecular formula is C18H26N2O4. The van der Waals surface area contributed by atoms with Crippen LogP contribution < -0.4 is 10.6 Å². The molecule has 132 valence electrons. The number of aliphatic carboxylic acids is 1. The number of carbonyl (C=O) groups excluding carboxylic acids is 2. The van der Waals surface area contributed by atoms with Crippen LogP contribution >= 0.6 is 0 Å². The lowest BCUT2D eigenvalue weighted by molar-refractivity contribution is -0.141. The van der Waals surface area contributed by atoms with Crippen LogP contribution in [0.3, 0.4) is 0 Å². The first-order valence-electron chi connectivity index (χ1n) is 8.24. The normalized spacial score (nSPS) is 11.6. The van der Waals surface area contributed by atoms with Gasteiger partial charge < -0.3 is 15.7 Å². The number of hydrogen-bond donors (Lipinski definition) is 3. The highest BCUT2D eigenvalue weighted by atomic mass is 16.4. The monoisotopic (exact) mass is 334 g/mol. The molecule has 0 aromatic heterocycles. The zero-order chi connectivity index (χ0) is 17.9. The quantitative estimate of drug-likeness (QED) is 0.606. The minimum Gasteiger partial charge on any atom is -0.481 e. The van der Waals surface area contributed by atoms with Crippen LogP contribution in [0.1, 0.15) is 37.3 Å². The third-order valence-electron chi connectivity index (χ3n) is 3.64. The van der Waals surface area contributed by atoms with Gasteiger partial charge in [-0.05, 0) is 32.3 Å². The van der Waals surface area contributed by atoms with Crippen molar-refractivity contribution in [1.29, 1.82) is 0 Å². The molecule has 24 heavy (non-hydrogen) atoms. The fraction of sp³-hybridized carbons (Fsp3) is 0.500. The van der Waals surface area contributed by atoms with Gasteiger partial charge in [0.1, 0.15) is 0 Å². The molecule has 6 heteroatoms. The van der Waals surface area contributed by atoms with Gasteiger partial charge in [0.2, 0.25) is 11.8 Å². The van der Waals surface area contributed by atoms with Crippen molar-refractivity contribution in [1.82, 2.24) is 10.6 Å². The number of carbonyl (C=O) groups is 3. The molecule has 1 atom stereocenters. The molecule has 0 saturated carbocycles. The van der Waals surface area contributed by atoms with Crippen molar-refractivity contribution in [2.45, 2.75) is 39.5 Å². The molecule has 0 spiro atoms. The first kappa shape index (κ1) is 19.7. The SMILES string of the molecule is CCNC(=O)CCCC(=O)NCC(Cc1cccc(C)c1)C(=O)O. The van der Waals surface area contributed by atoms with Gasteiger partial charge in [-0.3, -0.25) is 14.4 Å². The number of carboxylic acid groups (broad SMARTS) is 1. The number of amides is 2. The molecule has 6 nitrogen and oxygen atoms in total. The van der Waals surface area contributed by atoms with Crippen molar-refractivity contribution >= 4 is 17.8 Å². The summed E-state index contributed by atoms with van der Waals surface area (Å²) in [5.74, 6) is -1.90. The Kier molecular flexibility index (Phi) is 8.54. The summed E-state index contributed by atoms with van der Waals surface area (Å²) in [6.45, 7) is 4.45. The van der Waals surface area contributed by atoms with E-state index in [2.05, 4.69) is 10.6 Å². The second kappa shape index (κ2) is 10.4. The van der Waals surface area contributed by atoms with Gasteiger partial charge in [0.05, 0.1) is 5.92 Å². The largest absolute Gasteiger partial charge is 0.481 e. The third-order valence-corrected chi connectivity index (χ3v) is 3.64. The Morgan fingerprint density at radius 1 is 1.12 bits per heavy atom. The number of hydrogen-bond acceptors (Lipinski definition) is 3. The molecule has 2 amide bonds. The van der Waals surface area contributed by atoms with E-state index < -0.39 is 11.9 Å². The van der Waals surface area contributed by atoms with E-state index in [1.165, 1.54) is 0 Å². The molecule has 0 bridgehead atoms. The average Bonchev–Trinajstić information content (AvgIpc) is 2.51. The van der Waals surface area contributed by atoms with E-state index in [4.69, 9.17) is 0 Å². The molecule has 1 aromatic carbocycles. The molecular weight excluding hydrogens is 308 g/mol. The van der Waals surface area contributed by atoms with Crippen molar-refractivity contribution in [3.63, 3.8) is 0 Å². The zero-order valence-corrected chi connectivity index (χ0v) is 14.3. The Morgan fingerprint density at radius 3 is 2.38 bits per heavy atom. The van der Waals surface area contributed by atoms with Crippen molar-refractivity contribution in [3.05, 3.63) is 35.4 Å². The van der Waals surface area contributed by atoms with Crippen molar-refractivity contribution < 1.29 is 19.5 Å². The maximum absolute atomic E-state index is 11.8. The highest BCUT2D eigenvalue weighted by Crippen LogP contribution is 2.11. The molecule has 0 saturated heterocycles. The minimum absolute atomic E-state index is 0.0758. The van der Waals surface area contributed by atoms with Crippen LogP contribution in [0, 0.1) is 12.8 Å². The lowest BCUT2D eigenvalue weighted by atomic mass is 9.98. The fourth-order valence-electron chi connectivity index (χ4n) is 2.39. The smallest absolute Gasteiger partial charge is 0.308 e. The lowest BCUT2D eigenvalue weighted by Gasteiger charge is -2.14. The molecule has 1 unspecified atom stereocenters. The molecule has 0 fully saturated rings. The molecule has 3 N–H and O–H groups in total. The van der Waals surface area contributed by atoms with Crippen LogP contribution in [-0.4, -0.2) is 36.0 Å². The van der Waals surface area contributed by atoms with E-state index in [0.717, 1.165) is 11.1 Å². The molecule has 0 heterocycles. The molecule has 0 aliphatic heterocycles. The Balaban J connectivity index is 2.39. The number of aryl methyl sites for hydroxylation is 1. The average molecular weight is 334 g/mol. The third kappa shape index (κ3) is 7.76. The second-order valence-electron chi connectivity index (χ2n) is 5.84. The number of benzene rings is 1. The summed E-state index contributed by atoms with van der Waals surface area (Å²) >= 11 is 0. The molecule has 0 radical (unpaired) electrons. The van der Waals surface area contributed by atoms with E-state index in [0.29, 0.717) is 25.8 Å². The highest BCUT2D eigenvalue weighted by molar-refractivity contribution is 5.79. The van der Waals surface area contributed by atoms with Crippen molar-refractivity contribution in [2.75, 3.05) is 13.1 Å². The van der Waals surface area contributed by atoms with Crippen LogP contribution in [-0.2, 0) is 20.8 Å². The minimum atomic E-state index is -0.931. The predicted molar refractivity (Wildman–Crippen MR) is 91.6 cm³/mol. The Morgan fingerprint density at radius 2 is 1.79 bits per heavy atom. The van der Waals surface area contributed by atoms with Gasteiger partial charge in [-0.25, -0.2) is 0 Å². The summed E-state index contributed by atoms with van der Waals surface area (Å²) in [6.07, 6.45) is 1.34. The number of carboxylic acids is 1. The van der Waals surface area contributed by atoms with Gasteiger partial charge in [-0.2, -0.15) is 0 Å². The fourth-order valence-corrected chi connectivity index (χ4v) is 2.39. The predicted octanol–water partition coefficient (Wildman–Crippen LogP) is 1.66. The van der Waals surface area contributed by atoms with Crippen LogP contribution in [0.15, 0.2) is 24.3 Å². The summed E-state index contributed by atoms with van der Waals surface area (Å²) in [4.78, 5) is 34.4. The van der Waals surface area contributed by atoms with Crippen LogP contribution in [0.5, 0.6) is 0 Å². The zero-order valence-electron chi connectivity index (χ0n) is 14.3. The lowest BCUT2D eigenvalue weighted by Crippen LogP contribution is -2.34. The number of rotatable bonds is 10. The summed E-state index contributed by atoms with van der Waals surface area (Å²) in [6, 6.07) is 7.68. The summed E-state index contributed by atoms with van der Waals surface area (Å²) in [5.41, 5.74) is 2.01. The Hall–Kier alpha value is -2.37. The Bertz CT molecular complexity index is 572.